The molecule has 21 heavy (non-hydrogen) atoms. The lowest BCUT2D eigenvalue weighted by Gasteiger charge is -2.20. The van der Waals surface area contributed by atoms with E-state index >= 15 is 0 Å². The fraction of sp³-hybridized carbons (Fsp3) is 0.533. The van der Waals surface area contributed by atoms with Gasteiger partial charge in [0.25, 0.3) is 0 Å². The van der Waals surface area contributed by atoms with Crippen LogP contribution in [0.3, 0.4) is 0 Å². The summed E-state index contributed by atoms with van der Waals surface area (Å²) >= 11 is 0. The van der Waals surface area contributed by atoms with E-state index in [4.69, 9.17) is 14.2 Å². The van der Waals surface area contributed by atoms with E-state index in [1.165, 1.54) is 12.8 Å². The van der Waals surface area contributed by atoms with Crippen LogP contribution in [0.5, 0.6) is 17.2 Å². The van der Waals surface area contributed by atoms with Gasteiger partial charge in [0.15, 0.2) is 17.5 Å². The maximum atomic E-state index is 5.72. The topological polar surface area (TPSA) is 55.3 Å². The van der Waals surface area contributed by atoms with Crippen molar-refractivity contribution in [2.24, 2.45) is 4.99 Å². The third kappa shape index (κ3) is 3.32. The van der Waals surface area contributed by atoms with Crippen molar-refractivity contribution in [1.82, 2.24) is 10.2 Å². The summed E-state index contributed by atoms with van der Waals surface area (Å²) < 4.78 is 16.3. The lowest BCUT2D eigenvalue weighted by molar-refractivity contribution is 0.173. The first-order valence-corrected chi connectivity index (χ1v) is 7.35. The summed E-state index contributed by atoms with van der Waals surface area (Å²) in [7, 11) is 1.82. The van der Waals surface area contributed by atoms with Crippen LogP contribution in [0.15, 0.2) is 23.2 Å². The number of hydrogen-bond donors (Lipinski definition) is 1. The molecule has 1 aromatic rings. The van der Waals surface area contributed by atoms with Gasteiger partial charge in [-0.05, 0) is 25.0 Å². The lowest BCUT2D eigenvalue weighted by Crippen LogP contribution is -2.41. The number of fused-ring (bicyclic) bond motifs is 1. The molecule has 2 aliphatic heterocycles. The molecule has 6 heteroatoms. The zero-order valence-electron chi connectivity index (χ0n) is 12.3. The molecule has 1 saturated heterocycles. The first-order chi connectivity index (χ1) is 10.4. The first-order valence-electron chi connectivity index (χ1n) is 7.35. The number of guanidine groups is 1. The summed E-state index contributed by atoms with van der Waals surface area (Å²) in [5.74, 6) is 3.27. The molecule has 0 saturated carbocycles. The van der Waals surface area contributed by atoms with Crippen molar-refractivity contribution < 1.29 is 14.2 Å². The third-order valence-electron chi connectivity index (χ3n) is 3.62. The number of likely N-dealkylation sites (tertiary alicyclic amines) is 1. The Morgan fingerprint density at radius 3 is 2.90 bits per heavy atom. The molecule has 6 nitrogen and oxygen atoms in total. The van der Waals surface area contributed by atoms with Crippen LogP contribution in [-0.2, 0) is 0 Å². The highest BCUT2D eigenvalue weighted by Gasteiger charge is 2.15. The van der Waals surface area contributed by atoms with Crippen LogP contribution in [0.4, 0.5) is 0 Å². The molecule has 0 unspecified atom stereocenters. The van der Waals surface area contributed by atoms with Crippen molar-refractivity contribution in [3.63, 3.8) is 0 Å². The van der Waals surface area contributed by atoms with Gasteiger partial charge in [-0.15, -0.1) is 0 Å². The van der Waals surface area contributed by atoms with E-state index in [1.54, 1.807) is 0 Å². The summed E-state index contributed by atoms with van der Waals surface area (Å²) in [5, 5.41) is 3.33. The van der Waals surface area contributed by atoms with Crippen molar-refractivity contribution in [2.45, 2.75) is 12.8 Å². The van der Waals surface area contributed by atoms with E-state index in [0.29, 0.717) is 6.61 Å². The van der Waals surface area contributed by atoms with Gasteiger partial charge in [0.1, 0.15) is 12.4 Å². The largest absolute Gasteiger partial charge is 0.492 e. The minimum atomic E-state index is 0.284. The molecule has 0 aromatic heterocycles. The van der Waals surface area contributed by atoms with Gasteiger partial charge in [0, 0.05) is 26.2 Å². The summed E-state index contributed by atoms with van der Waals surface area (Å²) in [6, 6.07) is 5.62. The normalized spacial score (nSPS) is 17.2. The Labute approximate surface area is 124 Å². The smallest absolute Gasteiger partial charge is 0.231 e. The highest BCUT2D eigenvalue weighted by atomic mass is 16.7. The molecule has 0 spiro atoms. The van der Waals surface area contributed by atoms with Crippen LogP contribution in [0.1, 0.15) is 12.8 Å². The van der Waals surface area contributed by atoms with Gasteiger partial charge in [0.2, 0.25) is 6.79 Å². The van der Waals surface area contributed by atoms with Crippen LogP contribution in [0, 0.1) is 0 Å². The van der Waals surface area contributed by atoms with E-state index in [0.717, 1.165) is 42.8 Å². The zero-order valence-corrected chi connectivity index (χ0v) is 12.3. The molecule has 114 valence electrons. The average Bonchev–Trinajstić information content (AvgIpc) is 3.18. The molecule has 3 rings (SSSR count). The predicted octanol–water partition coefficient (Wildman–Crippen LogP) is 1.47. The summed E-state index contributed by atoms with van der Waals surface area (Å²) in [6.45, 7) is 3.75. The molecule has 0 bridgehead atoms. The summed E-state index contributed by atoms with van der Waals surface area (Å²) in [6.07, 6.45) is 2.49. The molecule has 2 aliphatic rings. The lowest BCUT2D eigenvalue weighted by atomic mass is 10.3. The molecular formula is C15H21N3O3. The van der Waals surface area contributed by atoms with Crippen molar-refractivity contribution in [2.75, 3.05) is 40.1 Å². The van der Waals surface area contributed by atoms with Crippen LogP contribution in [-0.4, -0.2) is 50.9 Å². The Kier molecular flexibility index (Phi) is 4.33. The Hall–Kier alpha value is -2.11. The van der Waals surface area contributed by atoms with E-state index in [2.05, 4.69) is 15.2 Å². The average molecular weight is 291 g/mol. The summed E-state index contributed by atoms with van der Waals surface area (Å²) in [4.78, 5) is 6.58. The van der Waals surface area contributed by atoms with Gasteiger partial charge in [0.05, 0.1) is 6.54 Å². The quantitative estimate of drug-likeness (QED) is 0.517. The predicted molar refractivity (Wildman–Crippen MR) is 80.2 cm³/mol. The number of nitrogens with one attached hydrogen (secondary N) is 1. The third-order valence-corrected chi connectivity index (χ3v) is 3.62. The summed E-state index contributed by atoms with van der Waals surface area (Å²) in [5.41, 5.74) is 0. The monoisotopic (exact) mass is 291 g/mol. The van der Waals surface area contributed by atoms with E-state index in [9.17, 15) is 0 Å². The second-order valence-corrected chi connectivity index (χ2v) is 5.03. The van der Waals surface area contributed by atoms with Crippen LogP contribution in [0.25, 0.3) is 0 Å². The Balaban J connectivity index is 1.43. The highest BCUT2D eigenvalue weighted by molar-refractivity contribution is 5.80. The Morgan fingerprint density at radius 2 is 2.10 bits per heavy atom. The van der Waals surface area contributed by atoms with Crippen molar-refractivity contribution in [3.05, 3.63) is 18.2 Å². The fourth-order valence-electron chi connectivity index (χ4n) is 2.56. The van der Waals surface area contributed by atoms with Crippen LogP contribution >= 0.6 is 0 Å². The van der Waals surface area contributed by atoms with Crippen molar-refractivity contribution in [3.8, 4) is 17.2 Å². The number of ether oxygens (including phenoxy) is 3. The number of nitrogens with zero attached hydrogens (tertiary/aromatic N) is 2. The van der Waals surface area contributed by atoms with Gasteiger partial charge in [-0.3, -0.25) is 4.99 Å². The maximum absolute atomic E-state index is 5.72. The minimum Gasteiger partial charge on any atom is -0.492 e. The second kappa shape index (κ2) is 6.56. The molecule has 1 N–H and O–H groups in total. The molecular weight excluding hydrogens is 270 g/mol. The Morgan fingerprint density at radius 1 is 1.29 bits per heavy atom. The van der Waals surface area contributed by atoms with E-state index in [-0.39, 0.29) is 6.79 Å². The van der Waals surface area contributed by atoms with Gasteiger partial charge >= 0.3 is 0 Å². The standard InChI is InChI=1S/C15H21N3O3/c1-16-15(18-7-2-3-8-18)17-6-9-19-12-4-5-13-14(10-12)21-11-20-13/h4-5,10H,2-3,6-9,11H2,1H3,(H,16,17). The van der Waals surface area contributed by atoms with E-state index in [1.807, 2.05) is 25.2 Å². The van der Waals surface area contributed by atoms with Gasteiger partial charge in [-0.2, -0.15) is 0 Å². The van der Waals surface area contributed by atoms with Gasteiger partial charge in [-0.1, -0.05) is 0 Å². The van der Waals surface area contributed by atoms with Gasteiger partial charge in [-0.25, -0.2) is 0 Å². The maximum Gasteiger partial charge on any atom is 0.231 e. The Bertz CT molecular complexity index is 513. The number of rotatable bonds is 4. The van der Waals surface area contributed by atoms with Crippen LogP contribution < -0.4 is 19.5 Å². The molecule has 0 amide bonds. The fourth-order valence-corrected chi connectivity index (χ4v) is 2.56. The second-order valence-electron chi connectivity index (χ2n) is 5.03. The van der Waals surface area contributed by atoms with Crippen molar-refractivity contribution >= 4 is 5.96 Å². The first kappa shape index (κ1) is 13.9. The zero-order chi connectivity index (χ0) is 14.5. The van der Waals surface area contributed by atoms with Gasteiger partial charge < -0.3 is 24.4 Å². The van der Waals surface area contributed by atoms with E-state index < -0.39 is 0 Å². The molecule has 1 aromatic carbocycles. The molecule has 0 aliphatic carbocycles. The van der Waals surface area contributed by atoms with Crippen LogP contribution in [0.2, 0.25) is 0 Å². The molecule has 0 atom stereocenters. The highest BCUT2D eigenvalue weighted by Crippen LogP contribution is 2.34. The number of aliphatic imine (C=N–C) groups is 1. The molecule has 2 heterocycles. The minimum absolute atomic E-state index is 0.284. The molecule has 0 radical (unpaired) electrons. The number of benzene rings is 1. The molecule has 1 fully saturated rings. The SMILES string of the molecule is CN=C(NCCOc1ccc2c(c1)OCO2)N1CCCC1. The number of hydrogen-bond acceptors (Lipinski definition) is 4. The van der Waals surface area contributed by atoms with Crippen molar-refractivity contribution in [1.29, 1.82) is 0 Å².